The topological polar surface area (TPSA) is 21.3 Å². The predicted molar refractivity (Wildman–Crippen MR) is 74.1 cm³/mol. The summed E-state index contributed by atoms with van der Waals surface area (Å²) < 4.78 is 5.68. The lowest BCUT2D eigenvalue weighted by Gasteiger charge is -2.20. The van der Waals surface area contributed by atoms with Crippen LogP contribution in [0.2, 0.25) is 5.02 Å². The minimum atomic E-state index is 0.137. The molecule has 1 rings (SSSR count). The molecule has 0 bridgehead atoms. The van der Waals surface area contributed by atoms with Crippen LogP contribution < -0.4 is 10.1 Å². The molecule has 0 aromatic heterocycles. The Morgan fingerprint density at radius 1 is 1.29 bits per heavy atom. The van der Waals surface area contributed by atoms with Gasteiger partial charge in [-0.3, -0.25) is 0 Å². The number of hydrogen-bond donors (Lipinski definition) is 1. The fourth-order valence-electron chi connectivity index (χ4n) is 1.51. The monoisotopic (exact) mass is 255 g/mol. The van der Waals surface area contributed by atoms with Crippen molar-refractivity contribution in [1.29, 1.82) is 0 Å². The Labute approximate surface area is 109 Å². The Hall–Kier alpha value is -0.730. The molecule has 0 saturated heterocycles. The number of rotatable bonds is 5. The first-order valence-electron chi connectivity index (χ1n) is 6.08. The normalized spacial score (nSPS) is 11.6. The number of hydrogen-bond acceptors (Lipinski definition) is 2. The van der Waals surface area contributed by atoms with Crippen molar-refractivity contribution in [3.63, 3.8) is 0 Å². The van der Waals surface area contributed by atoms with Crippen LogP contribution in [0.25, 0.3) is 0 Å². The maximum absolute atomic E-state index is 6.05. The summed E-state index contributed by atoms with van der Waals surface area (Å²) >= 11 is 6.05. The molecule has 0 fully saturated rings. The Morgan fingerprint density at radius 2 is 2.00 bits per heavy atom. The van der Waals surface area contributed by atoms with E-state index in [9.17, 15) is 0 Å². The second kappa shape index (κ2) is 6.27. The van der Waals surface area contributed by atoms with E-state index in [0.717, 1.165) is 29.3 Å². The van der Waals surface area contributed by atoms with Gasteiger partial charge in [0.1, 0.15) is 12.4 Å². The van der Waals surface area contributed by atoms with Crippen molar-refractivity contribution in [3.05, 3.63) is 28.8 Å². The molecule has 2 nitrogen and oxygen atoms in total. The molecule has 0 heterocycles. The predicted octanol–water partition coefficient (Wildman–Crippen LogP) is 3.67. The van der Waals surface area contributed by atoms with Crippen molar-refractivity contribution in [2.75, 3.05) is 13.2 Å². The lowest BCUT2D eigenvalue weighted by atomic mass is 10.1. The molecule has 0 radical (unpaired) electrons. The molecule has 1 N–H and O–H groups in total. The van der Waals surface area contributed by atoms with E-state index in [4.69, 9.17) is 16.3 Å². The first kappa shape index (κ1) is 14.3. The lowest BCUT2D eigenvalue weighted by Crippen LogP contribution is -2.38. The standard InChI is InChI=1S/C14H22ClNO/c1-5-11-10-12(6-7-13(11)15)17-9-8-16-14(2,3)4/h6-7,10,16H,5,8-9H2,1-4H3. The molecule has 0 aliphatic heterocycles. The number of halogens is 1. The highest BCUT2D eigenvalue weighted by Gasteiger charge is 2.07. The molecule has 0 spiro atoms. The first-order chi connectivity index (χ1) is 7.92. The molecule has 1 aromatic carbocycles. The molecule has 3 heteroatoms. The largest absolute Gasteiger partial charge is 0.492 e. The fourth-order valence-corrected chi connectivity index (χ4v) is 1.76. The molecule has 0 atom stereocenters. The van der Waals surface area contributed by atoms with E-state index in [2.05, 4.69) is 33.0 Å². The van der Waals surface area contributed by atoms with Gasteiger partial charge in [0.2, 0.25) is 0 Å². The van der Waals surface area contributed by atoms with Gasteiger partial charge in [0.05, 0.1) is 0 Å². The lowest BCUT2D eigenvalue weighted by molar-refractivity contribution is 0.291. The average molecular weight is 256 g/mol. The Balaban J connectivity index is 2.42. The number of ether oxygens (including phenoxy) is 1. The van der Waals surface area contributed by atoms with E-state index in [0.29, 0.717) is 6.61 Å². The SMILES string of the molecule is CCc1cc(OCCNC(C)(C)C)ccc1Cl. The number of benzene rings is 1. The second-order valence-electron chi connectivity index (χ2n) is 5.13. The molecule has 96 valence electrons. The van der Waals surface area contributed by atoms with E-state index in [1.807, 2.05) is 18.2 Å². The molecular formula is C14H22ClNO. The highest BCUT2D eigenvalue weighted by atomic mass is 35.5. The zero-order valence-electron chi connectivity index (χ0n) is 11.1. The third-order valence-corrected chi connectivity index (χ3v) is 2.79. The van der Waals surface area contributed by atoms with Crippen molar-refractivity contribution >= 4 is 11.6 Å². The van der Waals surface area contributed by atoms with Gasteiger partial charge in [-0.15, -0.1) is 0 Å². The smallest absolute Gasteiger partial charge is 0.119 e. The molecule has 17 heavy (non-hydrogen) atoms. The first-order valence-corrected chi connectivity index (χ1v) is 6.46. The van der Waals surface area contributed by atoms with E-state index in [1.165, 1.54) is 0 Å². The van der Waals surface area contributed by atoms with E-state index in [-0.39, 0.29) is 5.54 Å². The maximum atomic E-state index is 6.05. The molecule has 0 aliphatic rings. The fraction of sp³-hybridized carbons (Fsp3) is 0.571. The van der Waals surface area contributed by atoms with Gasteiger partial charge >= 0.3 is 0 Å². The summed E-state index contributed by atoms with van der Waals surface area (Å²) in [5.74, 6) is 0.891. The van der Waals surface area contributed by atoms with Crippen LogP contribution in [0.1, 0.15) is 33.3 Å². The molecule has 0 saturated carbocycles. The highest BCUT2D eigenvalue weighted by molar-refractivity contribution is 6.31. The second-order valence-corrected chi connectivity index (χ2v) is 5.54. The van der Waals surface area contributed by atoms with Gasteiger partial charge in [-0.2, -0.15) is 0 Å². The summed E-state index contributed by atoms with van der Waals surface area (Å²) in [6.07, 6.45) is 0.927. The Morgan fingerprint density at radius 3 is 2.59 bits per heavy atom. The summed E-state index contributed by atoms with van der Waals surface area (Å²) in [6.45, 7) is 10.0. The van der Waals surface area contributed by atoms with Crippen molar-refractivity contribution in [3.8, 4) is 5.75 Å². The van der Waals surface area contributed by atoms with Gasteiger partial charge in [0.25, 0.3) is 0 Å². The zero-order chi connectivity index (χ0) is 12.9. The summed E-state index contributed by atoms with van der Waals surface area (Å²) in [6, 6.07) is 5.82. The van der Waals surface area contributed by atoms with E-state index >= 15 is 0 Å². The van der Waals surface area contributed by atoms with Gasteiger partial charge in [0.15, 0.2) is 0 Å². The molecule has 0 amide bonds. The Kier molecular flexibility index (Phi) is 5.29. The van der Waals surface area contributed by atoms with Crippen LogP contribution in [0.4, 0.5) is 0 Å². The van der Waals surface area contributed by atoms with Gasteiger partial charge in [-0.1, -0.05) is 18.5 Å². The van der Waals surface area contributed by atoms with Crippen LogP contribution in [-0.2, 0) is 6.42 Å². The van der Waals surface area contributed by atoms with Gasteiger partial charge in [-0.05, 0) is 51.0 Å². The minimum absolute atomic E-state index is 0.137. The van der Waals surface area contributed by atoms with Crippen molar-refractivity contribution in [2.45, 2.75) is 39.7 Å². The van der Waals surface area contributed by atoms with Crippen LogP contribution in [-0.4, -0.2) is 18.7 Å². The zero-order valence-corrected chi connectivity index (χ0v) is 11.9. The van der Waals surface area contributed by atoms with Crippen LogP contribution in [0.15, 0.2) is 18.2 Å². The van der Waals surface area contributed by atoms with Crippen molar-refractivity contribution in [2.24, 2.45) is 0 Å². The maximum Gasteiger partial charge on any atom is 0.119 e. The van der Waals surface area contributed by atoms with E-state index in [1.54, 1.807) is 0 Å². The summed E-state index contributed by atoms with van der Waals surface area (Å²) in [7, 11) is 0. The van der Waals surface area contributed by atoms with Gasteiger partial charge in [0, 0.05) is 17.1 Å². The number of nitrogens with one attached hydrogen (secondary N) is 1. The molecular weight excluding hydrogens is 234 g/mol. The van der Waals surface area contributed by atoms with Crippen LogP contribution in [0, 0.1) is 0 Å². The Bertz CT molecular complexity index is 358. The minimum Gasteiger partial charge on any atom is -0.492 e. The van der Waals surface area contributed by atoms with Crippen LogP contribution >= 0.6 is 11.6 Å². The molecule has 0 aliphatic carbocycles. The third kappa shape index (κ3) is 5.42. The van der Waals surface area contributed by atoms with Crippen LogP contribution in [0.5, 0.6) is 5.75 Å². The van der Waals surface area contributed by atoms with Crippen LogP contribution in [0.3, 0.4) is 0 Å². The highest BCUT2D eigenvalue weighted by Crippen LogP contribution is 2.22. The van der Waals surface area contributed by atoms with Crippen molar-refractivity contribution < 1.29 is 4.74 Å². The van der Waals surface area contributed by atoms with Gasteiger partial charge < -0.3 is 10.1 Å². The summed E-state index contributed by atoms with van der Waals surface area (Å²) in [4.78, 5) is 0. The summed E-state index contributed by atoms with van der Waals surface area (Å²) in [5, 5.41) is 4.19. The molecule has 0 unspecified atom stereocenters. The third-order valence-electron chi connectivity index (χ3n) is 2.42. The van der Waals surface area contributed by atoms with Crippen molar-refractivity contribution in [1.82, 2.24) is 5.32 Å². The summed E-state index contributed by atoms with van der Waals surface area (Å²) in [5.41, 5.74) is 1.27. The quantitative estimate of drug-likeness (QED) is 0.811. The average Bonchev–Trinajstić information content (AvgIpc) is 2.25. The molecule has 1 aromatic rings. The number of aryl methyl sites for hydroxylation is 1. The van der Waals surface area contributed by atoms with Gasteiger partial charge in [-0.25, -0.2) is 0 Å². The van der Waals surface area contributed by atoms with E-state index < -0.39 is 0 Å².